The summed E-state index contributed by atoms with van der Waals surface area (Å²) in [6, 6.07) is 10.6. The Morgan fingerprint density at radius 2 is 1.35 bits per heavy atom. The summed E-state index contributed by atoms with van der Waals surface area (Å²) >= 11 is 3.17. The highest BCUT2D eigenvalue weighted by Crippen LogP contribution is 2.29. The Morgan fingerprint density at radius 3 is 1.76 bits per heavy atom. The Bertz CT molecular complexity index is 1420. The van der Waals surface area contributed by atoms with Crippen molar-refractivity contribution < 1.29 is 26.7 Å². The SMILES string of the molecule is O=[N+]([O-])c1cccc(S(=O)(=O)C(C=Nc2ccc(Br)cn2)S(=O)(=O)c2cccc([N+](=O)[O-])c2)c1. The van der Waals surface area contributed by atoms with Crippen LogP contribution >= 0.6 is 15.9 Å². The van der Waals surface area contributed by atoms with Gasteiger partial charge in [0.2, 0.25) is 24.3 Å². The molecule has 0 unspecified atom stereocenters. The normalized spacial score (nSPS) is 12.2. The summed E-state index contributed by atoms with van der Waals surface area (Å²) in [6.45, 7) is 0. The van der Waals surface area contributed by atoms with Crippen molar-refractivity contribution in [1.82, 2.24) is 4.98 Å². The summed E-state index contributed by atoms with van der Waals surface area (Å²) in [7, 11) is -9.65. The standard InChI is InChI=1S/C19H13BrN4O8S2/c20-13-7-8-18(21-11-13)22-12-19(33(29,30)16-5-1-3-14(9-16)23(25)26)34(31,32)17-6-2-4-15(10-17)24(27)28/h1-12,19H. The van der Waals surface area contributed by atoms with Crippen molar-refractivity contribution in [2.45, 2.75) is 14.4 Å². The monoisotopic (exact) mass is 568 g/mol. The van der Waals surface area contributed by atoms with Crippen LogP contribution in [0.5, 0.6) is 0 Å². The van der Waals surface area contributed by atoms with E-state index in [4.69, 9.17) is 0 Å². The first-order valence-electron chi connectivity index (χ1n) is 9.05. The van der Waals surface area contributed by atoms with Crippen molar-refractivity contribution in [3.8, 4) is 0 Å². The summed E-state index contributed by atoms with van der Waals surface area (Å²) < 4.78 is 51.7. The molecule has 2 aromatic carbocycles. The number of sulfone groups is 2. The number of nitro groups is 2. The van der Waals surface area contributed by atoms with Gasteiger partial charge in [0.05, 0.1) is 19.6 Å². The van der Waals surface area contributed by atoms with Gasteiger partial charge in [-0.3, -0.25) is 20.2 Å². The molecule has 34 heavy (non-hydrogen) atoms. The topological polar surface area (TPSA) is 180 Å². The Hall–Kier alpha value is -3.56. The number of rotatable bonds is 8. The average molecular weight is 569 g/mol. The third-order valence-corrected chi connectivity index (χ3v) is 9.64. The molecule has 1 aromatic heterocycles. The Kier molecular flexibility index (Phi) is 7.18. The first-order valence-corrected chi connectivity index (χ1v) is 12.9. The van der Waals surface area contributed by atoms with E-state index >= 15 is 0 Å². The van der Waals surface area contributed by atoms with Gasteiger partial charge >= 0.3 is 0 Å². The Morgan fingerprint density at radius 1 is 0.853 bits per heavy atom. The third kappa shape index (κ3) is 5.32. The summed E-state index contributed by atoms with van der Waals surface area (Å²) in [6.07, 6.45) is 1.98. The van der Waals surface area contributed by atoms with Crippen LogP contribution in [-0.4, -0.2) is 42.5 Å². The zero-order valence-corrected chi connectivity index (χ0v) is 20.0. The summed E-state index contributed by atoms with van der Waals surface area (Å²) in [5.41, 5.74) is -1.14. The van der Waals surface area contributed by atoms with Crippen LogP contribution in [0.4, 0.5) is 17.2 Å². The molecule has 0 saturated carbocycles. The molecule has 176 valence electrons. The van der Waals surface area contributed by atoms with Crippen LogP contribution in [0.3, 0.4) is 0 Å². The van der Waals surface area contributed by atoms with Crippen LogP contribution in [-0.2, 0) is 19.7 Å². The molecule has 0 fully saturated rings. The van der Waals surface area contributed by atoms with Gasteiger partial charge in [0.1, 0.15) is 0 Å². The van der Waals surface area contributed by atoms with Crippen molar-refractivity contribution in [2.24, 2.45) is 4.99 Å². The van der Waals surface area contributed by atoms with E-state index in [0.29, 0.717) is 10.7 Å². The zero-order chi connectivity index (χ0) is 25.1. The van der Waals surface area contributed by atoms with Gasteiger partial charge in [0, 0.05) is 41.1 Å². The molecule has 0 saturated heterocycles. The minimum atomic E-state index is -4.82. The van der Waals surface area contributed by atoms with Crippen LogP contribution < -0.4 is 0 Å². The second-order valence-corrected chi connectivity index (χ2v) is 11.9. The van der Waals surface area contributed by atoms with E-state index in [2.05, 4.69) is 25.9 Å². The number of nitrogens with zero attached hydrogens (tertiary/aromatic N) is 4. The molecule has 0 aliphatic carbocycles. The minimum Gasteiger partial charge on any atom is -0.258 e. The van der Waals surface area contributed by atoms with Crippen LogP contribution in [0, 0.1) is 20.2 Å². The van der Waals surface area contributed by atoms with Gasteiger partial charge in [-0.2, -0.15) is 0 Å². The first kappa shape index (κ1) is 25.1. The fourth-order valence-corrected chi connectivity index (χ4v) is 7.05. The van der Waals surface area contributed by atoms with Gasteiger partial charge in [-0.15, -0.1) is 0 Å². The highest BCUT2D eigenvalue weighted by atomic mass is 79.9. The molecule has 0 amide bonds. The van der Waals surface area contributed by atoms with Crippen molar-refractivity contribution >= 4 is 59.0 Å². The number of aliphatic imine (C=N–C) groups is 1. The highest BCUT2D eigenvalue weighted by molar-refractivity contribution is 9.10. The molecule has 0 aliphatic heterocycles. The smallest absolute Gasteiger partial charge is 0.258 e. The molecule has 0 N–H and O–H groups in total. The van der Waals surface area contributed by atoms with Gasteiger partial charge in [0.15, 0.2) is 5.82 Å². The lowest BCUT2D eigenvalue weighted by atomic mass is 10.3. The zero-order valence-electron chi connectivity index (χ0n) is 16.8. The van der Waals surface area contributed by atoms with Crippen LogP contribution in [0.15, 0.2) is 86.1 Å². The largest absolute Gasteiger partial charge is 0.270 e. The first-order chi connectivity index (χ1) is 15.9. The Balaban J connectivity index is 2.20. The van der Waals surface area contributed by atoms with Crippen molar-refractivity contribution in [3.63, 3.8) is 0 Å². The van der Waals surface area contributed by atoms with Crippen molar-refractivity contribution in [2.75, 3.05) is 0 Å². The quantitative estimate of drug-likeness (QED) is 0.222. The van der Waals surface area contributed by atoms with E-state index in [1.807, 2.05) is 0 Å². The number of non-ortho nitro benzene ring substituents is 2. The fraction of sp³-hybridized carbons (Fsp3) is 0.0526. The molecule has 1 heterocycles. The molecule has 0 bridgehead atoms. The lowest BCUT2D eigenvalue weighted by molar-refractivity contribution is -0.385. The molecule has 3 rings (SSSR count). The molecule has 3 aromatic rings. The fourth-order valence-electron chi connectivity index (χ4n) is 2.72. The van der Waals surface area contributed by atoms with E-state index in [0.717, 1.165) is 48.5 Å². The highest BCUT2D eigenvalue weighted by Gasteiger charge is 2.40. The molecule has 0 aliphatic rings. The van der Waals surface area contributed by atoms with E-state index in [1.54, 1.807) is 6.07 Å². The summed E-state index contributed by atoms with van der Waals surface area (Å²) in [4.78, 5) is 27.0. The van der Waals surface area contributed by atoms with E-state index in [9.17, 15) is 37.1 Å². The molecule has 0 spiro atoms. The van der Waals surface area contributed by atoms with Crippen molar-refractivity contribution in [3.05, 3.63) is 91.6 Å². The van der Waals surface area contributed by atoms with E-state index in [-0.39, 0.29) is 5.82 Å². The lowest BCUT2D eigenvalue weighted by Crippen LogP contribution is -2.32. The molecule has 0 radical (unpaired) electrons. The van der Waals surface area contributed by atoms with Crippen molar-refractivity contribution in [1.29, 1.82) is 0 Å². The number of benzene rings is 2. The van der Waals surface area contributed by atoms with Gasteiger partial charge in [-0.05, 0) is 40.2 Å². The van der Waals surface area contributed by atoms with Gasteiger partial charge in [0.25, 0.3) is 11.4 Å². The third-order valence-electron chi connectivity index (χ3n) is 4.37. The van der Waals surface area contributed by atoms with Crippen LogP contribution in [0.2, 0.25) is 0 Å². The van der Waals surface area contributed by atoms with Crippen LogP contribution in [0.25, 0.3) is 0 Å². The summed E-state index contributed by atoms with van der Waals surface area (Å²) in [5.74, 6) is -0.0170. The van der Waals surface area contributed by atoms with Crippen LogP contribution in [0.1, 0.15) is 0 Å². The number of pyridine rings is 1. The second-order valence-electron chi connectivity index (χ2n) is 6.58. The predicted octanol–water partition coefficient (Wildman–Crippen LogP) is 3.64. The molecule has 12 nitrogen and oxygen atoms in total. The minimum absolute atomic E-state index is 0.0170. The second kappa shape index (κ2) is 9.74. The predicted molar refractivity (Wildman–Crippen MR) is 124 cm³/mol. The number of halogens is 1. The summed E-state index contributed by atoms with van der Waals surface area (Å²) in [5, 5.41) is 22.2. The van der Waals surface area contributed by atoms with Gasteiger partial charge in [-0.1, -0.05) is 12.1 Å². The van der Waals surface area contributed by atoms with Gasteiger partial charge in [-0.25, -0.2) is 26.8 Å². The molecule has 15 heteroatoms. The Labute approximate surface area is 201 Å². The lowest BCUT2D eigenvalue weighted by Gasteiger charge is -2.15. The number of hydrogen-bond acceptors (Lipinski definition) is 10. The molecular weight excluding hydrogens is 556 g/mol. The molecule has 0 atom stereocenters. The maximum absolute atomic E-state index is 13.4. The number of nitro benzene ring substituents is 2. The maximum atomic E-state index is 13.4. The van der Waals surface area contributed by atoms with E-state index in [1.165, 1.54) is 12.3 Å². The number of aromatic nitrogens is 1. The maximum Gasteiger partial charge on any atom is 0.270 e. The molecular formula is C19H13BrN4O8S2. The average Bonchev–Trinajstić information content (AvgIpc) is 2.80. The van der Waals surface area contributed by atoms with Gasteiger partial charge < -0.3 is 0 Å². The van der Waals surface area contributed by atoms with E-state index < -0.39 is 55.3 Å². The number of hydrogen-bond donors (Lipinski definition) is 0.